The van der Waals surface area contributed by atoms with Crippen LogP contribution in [0.25, 0.3) is 0 Å². The second-order valence-electron chi connectivity index (χ2n) is 3.92. The Hall–Kier alpha value is -1.07. The number of benzene rings is 1. The van der Waals surface area contributed by atoms with E-state index in [2.05, 4.69) is 21.2 Å². The van der Waals surface area contributed by atoms with Gasteiger partial charge in [0.25, 0.3) is 5.91 Å². The number of nitrogens with zero attached hydrogens (tertiary/aromatic N) is 1. The Morgan fingerprint density at radius 1 is 1.50 bits per heavy atom. The fourth-order valence-corrected chi connectivity index (χ4v) is 2.48. The molecule has 1 fully saturated rings. The summed E-state index contributed by atoms with van der Waals surface area (Å²) in [7, 11) is 0. The van der Waals surface area contributed by atoms with E-state index in [1.165, 1.54) is 0 Å². The summed E-state index contributed by atoms with van der Waals surface area (Å²) in [4.78, 5) is 14.0. The van der Waals surface area contributed by atoms with Crippen LogP contribution in [0.15, 0.2) is 22.7 Å². The highest BCUT2D eigenvalue weighted by atomic mass is 79.9. The average Bonchev–Trinajstić information content (AvgIpc) is 2.31. The number of hydrogen-bond acceptors (Lipinski definition) is 3. The largest absolute Gasteiger partial charge is 0.376 e. The van der Waals surface area contributed by atoms with Crippen molar-refractivity contribution in [3.63, 3.8) is 0 Å². The number of carbonyl (C=O) groups excluding carboxylic acids is 1. The first-order valence-corrected chi connectivity index (χ1v) is 6.00. The van der Waals surface area contributed by atoms with Crippen LogP contribution in [0, 0.1) is 0 Å². The molecular formula is C11H11BrN2O2. The normalized spacial score (nSPS) is 23.4. The smallest absolute Gasteiger partial charge is 0.257 e. The molecule has 0 saturated carbocycles. The summed E-state index contributed by atoms with van der Waals surface area (Å²) in [5.41, 5.74) is 1.62. The maximum Gasteiger partial charge on any atom is 0.257 e. The van der Waals surface area contributed by atoms with Crippen molar-refractivity contribution in [3.05, 3.63) is 28.2 Å². The maximum atomic E-state index is 12.2. The monoisotopic (exact) mass is 282 g/mol. The van der Waals surface area contributed by atoms with Crippen molar-refractivity contribution in [2.75, 3.05) is 25.1 Å². The number of anilines is 1. The third-order valence-electron chi connectivity index (χ3n) is 2.92. The number of morpholine rings is 1. The van der Waals surface area contributed by atoms with Crippen LogP contribution in [0.2, 0.25) is 0 Å². The molecule has 0 bridgehead atoms. The van der Waals surface area contributed by atoms with E-state index in [0.29, 0.717) is 19.8 Å². The van der Waals surface area contributed by atoms with Crippen LogP contribution < -0.4 is 5.32 Å². The lowest BCUT2D eigenvalue weighted by atomic mass is 10.1. The summed E-state index contributed by atoms with van der Waals surface area (Å²) >= 11 is 3.38. The van der Waals surface area contributed by atoms with Crippen LogP contribution in [0.1, 0.15) is 10.4 Å². The molecular weight excluding hydrogens is 272 g/mol. The van der Waals surface area contributed by atoms with Crippen LogP contribution in [0.3, 0.4) is 0 Å². The van der Waals surface area contributed by atoms with Crippen molar-refractivity contribution in [2.24, 2.45) is 0 Å². The molecule has 3 rings (SSSR count). The first kappa shape index (κ1) is 10.1. The molecule has 0 spiro atoms. The third-order valence-corrected chi connectivity index (χ3v) is 3.42. The minimum absolute atomic E-state index is 0.0186. The second-order valence-corrected chi connectivity index (χ2v) is 4.84. The number of halogens is 1. The Kier molecular flexibility index (Phi) is 2.37. The lowest BCUT2D eigenvalue weighted by Gasteiger charge is -2.40. The highest BCUT2D eigenvalue weighted by molar-refractivity contribution is 9.10. The number of nitrogens with one attached hydrogen (secondary N) is 1. The number of ether oxygens (including phenoxy) is 1. The number of rotatable bonds is 0. The lowest BCUT2D eigenvalue weighted by Crippen LogP contribution is -2.55. The van der Waals surface area contributed by atoms with Crippen molar-refractivity contribution >= 4 is 27.5 Å². The molecule has 1 atom stereocenters. The van der Waals surface area contributed by atoms with Crippen LogP contribution in [-0.2, 0) is 4.74 Å². The van der Waals surface area contributed by atoms with Gasteiger partial charge >= 0.3 is 0 Å². The van der Waals surface area contributed by atoms with Gasteiger partial charge < -0.3 is 15.0 Å². The van der Waals surface area contributed by atoms with Gasteiger partial charge in [0.1, 0.15) is 6.17 Å². The molecule has 0 aromatic heterocycles. The first-order valence-electron chi connectivity index (χ1n) is 5.20. The highest BCUT2D eigenvalue weighted by Gasteiger charge is 2.33. The average molecular weight is 283 g/mol. The maximum absolute atomic E-state index is 12.2. The lowest BCUT2D eigenvalue weighted by molar-refractivity contribution is 0.00406. The van der Waals surface area contributed by atoms with Crippen molar-refractivity contribution in [3.8, 4) is 0 Å². The minimum Gasteiger partial charge on any atom is -0.376 e. The molecule has 0 radical (unpaired) electrons. The van der Waals surface area contributed by atoms with Crippen LogP contribution in [-0.4, -0.2) is 36.7 Å². The number of fused-ring (bicyclic) bond motifs is 2. The van der Waals surface area contributed by atoms with Crippen LogP contribution >= 0.6 is 15.9 Å². The van der Waals surface area contributed by atoms with Gasteiger partial charge in [0.15, 0.2) is 0 Å². The van der Waals surface area contributed by atoms with E-state index < -0.39 is 0 Å². The molecule has 16 heavy (non-hydrogen) atoms. The Bertz CT molecular complexity index is 450. The predicted molar refractivity (Wildman–Crippen MR) is 63.4 cm³/mol. The van der Waals surface area contributed by atoms with E-state index in [0.717, 1.165) is 15.7 Å². The van der Waals surface area contributed by atoms with E-state index in [1.54, 1.807) is 0 Å². The Labute approximate surface area is 102 Å². The van der Waals surface area contributed by atoms with Gasteiger partial charge in [-0.25, -0.2) is 0 Å². The summed E-state index contributed by atoms with van der Waals surface area (Å²) < 4.78 is 6.28. The van der Waals surface area contributed by atoms with E-state index >= 15 is 0 Å². The van der Waals surface area contributed by atoms with Gasteiger partial charge in [-0.05, 0) is 18.2 Å². The summed E-state index contributed by atoms with van der Waals surface area (Å²) in [6.45, 7) is 1.83. The van der Waals surface area contributed by atoms with E-state index in [-0.39, 0.29) is 12.1 Å². The van der Waals surface area contributed by atoms with Crippen LogP contribution in [0.5, 0.6) is 0 Å². The highest BCUT2D eigenvalue weighted by Crippen LogP contribution is 2.29. The Morgan fingerprint density at radius 3 is 3.25 bits per heavy atom. The predicted octanol–water partition coefficient (Wildman–Crippen LogP) is 1.67. The molecule has 1 saturated heterocycles. The van der Waals surface area contributed by atoms with Gasteiger partial charge in [0, 0.05) is 16.7 Å². The van der Waals surface area contributed by atoms with Crippen molar-refractivity contribution in [1.29, 1.82) is 0 Å². The molecule has 84 valence electrons. The van der Waals surface area contributed by atoms with Gasteiger partial charge in [-0.3, -0.25) is 4.79 Å². The van der Waals surface area contributed by atoms with Crippen molar-refractivity contribution < 1.29 is 9.53 Å². The quantitative estimate of drug-likeness (QED) is 0.787. The van der Waals surface area contributed by atoms with Gasteiger partial charge in [-0.2, -0.15) is 0 Å². The topological polar surface area (TPSA) is 41.6 Å². The second kappa shape index (κ2) is 3.75. The van der Waals surface area contributed by atoms with E-state index in [9.17, 15) is 4.79 Å². The molecule has 2 heterocycles. The first-order chi connectivity index (χ1) is 7.75. The van der Waals surface area contributed by atoms with Crippen LogP contribution in [0.4, 0.5) is 5.69 Å². The molecule has 1 unspecified atom stereocenters. The molecule has 0 aliphatic carbocycles. The zero-order chi connectivity index (χ0) is 11.1. The Balaban J connectivity index is 2.03. The molecule has 1 aromatic carbocycles. The molecule has 5 heteroatoms. The van der Waals surface area contributed by atoms with Gasteiger partial charge in [-0.15, -0.1) is 0 Å². The Morgan fingerprint density at radius 2 is 2.38 bits per heavy atom. The summed E-state index contributed by atoms with van der Waals surface area (Å²) in [5.74, 6) is 0.0864. The zero-order valence-electron chi connectivity index (χ0n) is 8.57. The standard InChI is InChI=1S/C11H11BrN2O2/c12-7-1-2-9-8(5-7)11(15)14-3-4-16-6-10(14)13-9/h1-2,5,10,13H,3-4,6H2. The summed E-state index contributed by atoms with van der Waals surface area (Å²) in [6.07, 6.45) is -0.0186. The molecule has 2 aliphatic heterocycles. The summed E-state index contributed by atoms with van der Waals surface area (Å²) in [5, 5.41) is 3.32. The number of hydrogen-bond donors (Lipinski definition) is 1. The molecule has 4 nitrogen and oxygen atoms in total. The van der Waals surface area contributed by atoms with E-state index in [4.69, 9.17) is 4.74 Å². The molecule has 1 aromatic rings. The third kappa shape index (κ3) is 1.51. The van der Waals surface area contributed by atoms with E-state index in [1.807, 2.05) is 23.1 Å². The molecule has 1 amide bonds. The molecule has 1 N–H and O–H groups in total. The zero-order valence-corrected chi connectivity index (χ0v) is 10.2. The SMILES string of the molecule is O=C1c2cc(Br)ccc2NC2COCCN12. The van der Waals surface area contributed by atoms with Crippen molar-refractivity contribution in [1.82, 2.24) is 4.90 Å². The number of amides is 1. The van der Waals surface area contributed by atoms with Gasteiger partial charge in [0.05, 0.1) is 18.8 Å². The fourth-order valence-electron chi connectivity index (χ4n) is 2.12. The number of carbonyl (C=O) groups is 1. The minimum atomic E-state index is -0.0186. The van der Waals surface area contributed by atoms with Crippen molar-refractivity contribution in [2.45, 2.75) is 6.17 Å². The molecule has 2 aliphatic rings. The van der Waals surface area contributed by atoms with Gasteiger partial charge in [-0.1, -0.05) is 15.9 Å². The summed E-state index contributed by atoms with van der Waals surface area (Å²) in [6, 6.07) is 5.71. The fraction of sp³-hybridized carbons (Fsp3) is 0.364. The van der Waals surface area contributed by atoms with Gasteiger partial charge in [0.2, 0.25) is 0 Å².